The van der Waals surface area contributed by atoms with Gasteiger partial charge < -0.3 is 9.47 Å². The number of aldehydes is 1. The van der Waals surface area contributed by atoms with Crippen LogP contribution in [0.4, 0.5) is 0 Å². The second-order valence-corrected chi connectivity index (χ2v) is 4.15. The van der Waals surface area contributed by atoms with Crippen LogP contribution in [0, 0.1) is 0 Å². The van der Waals surface area contributed by atoms with Gasteiger partial charge in [0.25, 0.3) is 0 Å². The highest BCUT2D eigenvalue weighted by Crippen LogP contribution is 2.32. The second-order valence-electron chi connectivity index (χ2n) is 4.15. The molecular formula is C16H17NO3. The van der Waals surface area contributed by atoms with Crippen molar-refractivity contribution in [2.45, 2.75) is 13.8 Å². The minimum Gasteiger partial charge on any atom is -0.490 e. The van der Waals surface area contributed by atoms with E-state index in [1.807, 2.05) is 32.0 Å². The minimum absolute atomic E-state index is 0.550. The van der Waals surface area contributed by atoms with E-state index in [1.54, 1.807) is 12.3 Å². The summed E-state index contributed by atoms with van der Waals surface area (Å²) >= 11 is 0. The highest BCUT2D eigenvalue weighted by Gasteiger charge is 2.08. The lowest BCUT2D eigenvalue weighted by atomic mass is 10.1. The summed E-state index contributed by atoms with van der Waals surface area (Å²) in [7, 11) is 0. The Morgan fingerprint density at radius 1 is 1.00 bits per heavy atom. The molecule has 0 unspecified atom stereocenters. The van der Waals surface area contributed by atoms with Crippen LogP contribution < -0.4 is 9.47 Å². The number of ether oxygens (including phenoxy) is 2. The monoisotopic (exact) mass is 271 g/mol. The maximum absolute atomic E-state index is 10.8. The predicted octanol–water partition coefficient (Wildman–Crippen LogP) is 3.36. The van der Waals surface area contributed by atoms with Gasteiger partial charge in [-0.1, -0.05) is 6.07 Å². The third-order valence-electron chi connectivity index (χ3n) is 2.77. The first-order valence-corrected chi connectivity index (χ1v) is 6.58. The SMILES string of the molecule is CCOc1ccc(-c2cncc(C=O)c2)cc1OCC. The van der Waals surface area contributed by atoms with Crippen molar-refractivity contribution in [3.05, 3.63) is 42.2 Å². The van der Waals surface area contributed by atoms with E-state index >= 15 is 0 Å². The van der Waals surface area contributed by atoms with Crippen molar-refractivity contribution in [2.24, 2.45) is 0 Å². The number of pyridine rings is 1. The quantitative estimate of drug-likeness (QED) is 0.756. The van der Waals surface area contributed by atoms with Crippen LogP contribution >= 0.6 is 0 Å². The van der Waals surface area contributed by atoms with E-state index in [1.165, 1.54) is 6.20 Å². The lowest BCUT2D eigenvalue weighted by Crippen LogP contribution is -1.98. The first-order chi connectivity index (χ1) is 9.78. The molecule has 0 saturated heterocycles. The molecule has 4 heteroatoms. The van der Waals surface area contributed by atoms with Gasteiger partial charge in [-0.2, -0.15) is 0 Å². The van der Waals surface area contributed by atoms with Crippen molar-refractivity contribution < 1.29 is 14.3 Å². The Balaban J connectivity index is 2.41. The summed E-state index contributed by atoms with van der Waals surface area (Å²) in [5, 5.41) is 0. The lowest BCUT2D eigenvalue weighted by Gasteiger charge is -2.12. The Bertz CT molecular complexity index is 596. The number of carbonyl (C=O) groups is 1. The molecule has 1 heterocycles. The highest BCUT2D eigenvalue weighted by molar-refractivity contribution is 5.78. The van der Waals surface area contributed by atoms with Gasteiger partial charge in [-0.3, -0.25) is 9.78 Å². The number of rotatable bonds is 6. The Labute approximate surface area is 118 Å². The van der Waals surface area contributed by atoms with E-state index in [-0.39, 0.29) is 0 Å². The molecule has 0 radical (unpaired) electrons. The summed E-state index contributed by atoms with van der Waals surface area (Å²) < 4.78 is 11.1. The van der Waals surface area contributed by atoms with Gasteiger partial charge in [-0.15, -0.1) is 0 Å². The number of benzene rings is 1. The average Bonchev–Trinajstić information content (AvgIpc) is 2.49. The third kappa shape index (κ3) is 3.15. The number of aromatic nitrogens is 1. The molecule has 0 bridgehead atoms. The summed E-state index contributed by atoms with van der Waals surface area (Å²) in [5.74, 6) is 1.42. The Hall–Kier alpha value is -2.36. The maximum Gasteiger partial charge on any atom is 0.161 e. The van der Waals surface area contributed by atoms with Crippen LogP contribution in [0.5, 0.6) is 11.5 Å². The van der Waals surface area contributed by atoms with Gasteiger partial charge in [0.15, 0.2) is 17.8 Å². The molecule has 0 spiro atoms. The molecule has 0 aliphatic rings. The molecule has 1 aromatic carbocycles. The van der Waals surface area contributed by atoms with E-state index in [0.717, 1.165) is 23.2 Å². The van der Waals surface area contributed by atoms with Crippen LogP contribution in [0.3, 0.4) is 0 Å². The van der Waals surface area contributed by atoms with Gasteiger partial charge in [0.05, 0.1) is 13.2 Å². The van der Waals surface area contributed by atoms with E-state index in [0.29, 0.717) is 24.5 Å². The van der Waals surface area contributed by atoms with Crippen molar-refractivity contribution in [1.29, 1.82) is 0 Å². The highest BCUT2D eigenvalue weighted by atomic mass is 16.5. The molecule has 1 aromatic heterocycles. The van der Waals surface area contributed by atoms with Crippen LogP contribution in [-0.4, -0.2) is 24.5 Å². The molecule has 20 heavy (non-hydrogen) atoms. The van der Waals surface area contributed by atoms with E-state index in [4.69, 9.17) is 9.47 Å². The van der Waals surface area contributed by atoms with Gasteiger partial charge in [0.2, 0.25) is 0 Å². The van der Waals surface area contributed by atoms with Gasteiger partial charge in [-0.05, 0) is 37.6 Å². The third-order valence-corrected chi connectivity index (χ3v) is 2.77. The molecule has 0 N–H and O–H groups in total. The number of hydrogen-bond donors (Lipinski definition) is 0. The topological polar surface area (TPSA) is 48.4 Å². The zero-order valence-electron chi connectivity index (χ0n) is 11.6. The van der Waals surface area contributed by atoms with E-state index in [2.05, 4.69) is 4.98 Å². The molecule has 0 atom stereocenters. The fraction of sp³-hybridized carbons (Fsp3) is 0.250. The Morgan fingerprint density at radius 3 is 2.45 bits per heavy atom. The van der Waals surface area contributed by atoms with Crippen molar-refractivity contribution in [1.82, 2.24) is 4.98 Å². The second kappa shape index (κ2) is 6.70. The molecule has 4 nitrogen and oxygen atoms in total. The number of nitrogens with zero attached hydrogens (tertiary/aromatic N) is 1. The first kappa shape index (κ1) is 14.1. The average molecular weight is 271 g/mol. The molecule has 0 amide bonds. The van der Waals surface area contributed by atoms with Crippen molar-refractivity contribution in [3.8, 4) is 22.6 Å². The number of hydrogen-bond acceptors (Lipinski definition) is 4. The summed E-state index contributed by atoms with van der Waals surface area (Å²) in [6.07, 6.45) is 4.04. The molecule has 0 saturated carbocycles. The smallest absolute Gasteiger partial charge is 0.161 e. The zero-order chi connectivity index (χ0) is 14.4. The van der Waals surface area contributed by atoms with Crippen LogP contribution in [0.2, 0.25) is 0 Å². The van der Waals surface area contributed by atoms with Gasteiger partial charge in [-0.25, -0.2) is 0 Å². The Kier molecular flexibility index (Phi) is 4.71. The van der Waals surface area contributed by atoms with Crippen LogP contribution in [0.15, 0.2) is 36.7 Å². The molecule has 2 rings (SSSR count). The number of carbonyl (C=O) groups excluding carboxylic acids is 1. The molecule has 0 aliphatic carbocycles. The first-order valence-electron chi connectivity index (χ1n) is 6.58. The predicted molar refractivity (Wildman–Crippen MR) is 77.4 cm³/mol. The summed E-state index contributed by atoms with van der Waals surface area (Å²) in [6.45, 7) is 5.01. The van der Waals surface area contributed by atoms with Crippen LogP contribution in [0.25, 0.3) is 11.1 Å². The lowest BCUT2D eigenvalue weighted by molar-refractivity contribution is 0.112. The van der Waals surface area contributed by atoms with E-state index in [9.17, 15) is 4.79 Å². The molecular weight excluding hydrogens is 254 g/mol. The molecule has 104 valence electrons. The van der Waals surface area contributed by atoms with Gasteiger partial charge in [0.1, 0.15) is 0 Å². The van der Waals surface area contributed by atoms with Crippen molar-refractivity contribution in [3.63, 3.8) is 0 Å². The van der Waals surface area contributed by atoms with Gasteiger partial charge in [0, 0.05) is 23.5 Å². The largest absolute Gasteiger partial charge is 0.490 e. The van der Waals surface area contributed by atoms with Crippen LogP contribution in [0.1, 0.15) is 24.2 Å². The maximum atomic E-state index is 10.8. The minimum atomic E-state index is 0.550. The fourth-order valence-electron chi connectivity index (χ4n) is 1.91. The summed E-state index contributed by atoms with van der Waals surface area (Å²) in [6, 6.07) is 7.50. The standard InChI is InChI=1S/C16H17NO3/c1-3-19-15-6-5-13(8-16(15)20-4-2)14-7-12(11-18)9-17-10-14/h5-11H,3-4H2,1-2H3. The molecule has 0 aliphatic heterocycles. The zero-order valence-corrected chi connectivity index (χ0v) is 11.6. The molecule has 0 fully saturated rings. The normalized spacial score (nSPS) is 10.1. The van der Waals surface area contributed by atoms with E-state index < -0.39 is 0 Å². The molecule has 2 aromatic rings. The summed E-state index contributed by atoms with van der Waals surface area (Å²) in [4.78, 5) is 14.9. The van der Waals surface area contributed by atoms with Crippen LogP contribution in [-0.2, 0) is 0 Å². The fourth-order valence-corrected chi connectivity index (χ4v) is 1.91. The van der Waals surface area contributed by atoms with Crippen molar-refractivity contribution in [2.75, 3.05) is 13.2 Å². The summed E-state index contributed by atoms with van der Waals surface area (Å²) in [5.41, 5.74) is 2.36. The van der Waals surface area contributed by atoms with Crippen molar-refractivity contribution >= 4 is 6.29 Å². The Morgan fingerprint density at radius 2 is 1.75 bits per heavy atom. The van der Waals surface area contributed by atoms with Gasteiger partial charge >= 0.3 is 0 Å².